The lowest BCUT2D eigenvalue weighted by molar-refractivity contribution is 0.103. The Morgan fingerprint density at radius 1 is 1.12 bits per heavy atom. The first-order chi connectivity index (χ1) is 8.34. The number of ketones is 1. The molecule has 4 nitrogen and oxygen atoms in total. The van der Waals surface area contributed by atoms with Crippen molar-refractivity contribution in [3.8, 4) is 0 Å². The first-order valence-corrected chi connectivity index (χ1v) is 5.85. The lowest BCUT2D eigenvalue weighted by atomic mass is 10.1. The van der Waals surface area contributed by atoms with Crippen LogP contribution in [0.1, 0.15) is 15.9 Å². The van der Waals surface area contributed by atoms with Gasteiger partial charge in [0.05, 0.1) is 15.8 Å². The van der Waals surface area contributed by atoms with E-state index in [9.17, 15) is 4.79 Å². The van der Waals surface area contributed by atoms with Gasteiger partial charge in [-0.3, -0.25) is 9.78 Å². The summed E-state index contributed by atoms with van der Waals surface area (Å²) in [5, 5.41) is 1.96. The Hall–Kier alpha value is -2.14. The molecule has 0 unspecified atom stereocenters. The molecule has 0 bridgehead atoms. The Kier molecular flexibility index (Phi) is 2.38. The molecule has 0 N–H and O–H groups in total. The van der Waals surface area contributed by atoms with Gasteiger partial charge in [-0.1, -0.05) is 0 Å². The predicted octanol–water partition coefficient (Wildman–Crippen LogP) is 2.32. The van der Waals surface area contributed by atoms with Crippen molar-refractivity contribution in [1.82, 2.24) is 15.0 Å². The molecule has 0 aliphatic heterocycles. The van der Waals surface area contributed by atoms with Crippen LogP contribution >= 0.6 is 11.3 Å². The second-order valence-electron chi connectivity index (χ2n) is 3.48. The number of rotatable bonds is 2. The summed E-state index contributed by atoms with van der Waals surface area (Å²) in [4.78, 5) is 24.0. The van der Waals surface area contributed by atoms with Gasteiger partial charge in [0.25, 0.3) is 0 Å². The fraction of sp³-hybridized carbons (Fsp3) is 0. The van der Waals surface area contributed by atoms with Crippen LogP contribution in [0.3, 0.4) is 0 Å². The topological polar surface area (TPSA) is 55.7 Å². The minimum Gasteiger partial charge on any atom is -0.288 e. The minimum absolute atomic E-state index is 0.103. The molecule has 0 spiro atoms. The third-order valence-corrected chi connectivity index (χ3v) is 3.24. The Balaban J connectivity index is 2.06. The molecule has 5 heteroatoms. The van der Waals surface area contributed by atoms with E-state index in [-0.39, 0.29) is 5.78 Å². The monoisotopic (exact) mass is 241 g/mol. The molecule has 3 aromatic heterocycles. The smallest absolute Gasteiger partial charge is 0.197 e. The van der Waals surface area contributed by atoms with Gasteiger partial charge in [0, 0.05) is 24.2 Å². The van der Waals surface area contributed by atoms with Crippen LogP contribution in [0.5, 0.6) is 0 Å². The van der Waals surface area contributed by atoms with Gasteiger partial charge in [0.15, 0.2) is 5.78 Å². The van der Waals surface area contributed by atoms with Gasteiger partial charge in [-0.05, 0) is 17.5 Å². The van der Waals surface area contributed by atoms with Crippen LogP contribution in [0.2, 0.25) is 0 Å². The quantitative estimate of drug-likeness (QED) is 0.646. The first-order valence-electron chi connectivity index (χ1n) is 4.97. The summed E-state index contributed by atoms with van der Waals surface area (Å²) in [6.07, 6.45) is 6.00. The van der Waals surface area contributed by atoms with E-state index in [4.69, 9.17) is 0 Å². The van der Waals surface area contributed by atoms with Crippen LogP contribution in [-0.4, -0.2) is 20.7 Å². The molecule has 0 aliphatic rings. The third-order valence-electron chi connectivity index (χ3n) is 2.39. The summed E-state index contributed by atoms with van der Waals surface area (Å²) in [7, 11) is 0. The highest BCUT2D eigenvalue weighted by Gasteiger charge is 2.10. The molecule has 0 saturated heterocycles. The van der Waals surface area contributed by atoms with Gasteiger partial charge < -0.3 is 0 Å². The maximum atomic E-state index is 12.1. The highest BCUT2D eigenvalue weighted by molar-refractivity contribution is 7.17. The van der Waals surface area contributed by atoms with Gasteiger partial charge in [0.2, 0.25) is 0 Å². The van der Waals surface area contributed by atoms with Gasteiger partial charge in [-0.25, -0.2) is 9.97 Å². The first kappa shape index (κ1) is 10.0. The van der Waals surface area contributed by atoms with E-state index in [1.807, 2.05) is 17.5 Å². The van der Waals surface area contributed by atoms with Crippen LogP contribution in [-0.2, 0) is 0 Å². The molecule has 0 amide bonds. The summed E-state index contributed by atoms with van der Waals surface area (Å²) >= 11 is 1.57. The molecular weight excluding hydrogens is 234 g/mol. The number of aromatic nitrogens is 3. The standard InChI is InChI=1S/C12H7N3OS/c16-12(9-4-13-7-14-5-9)8-3-11-10(15-6-8)1-2-17-11/h1-7H. The molecule has 3 heterocycles. The average molecular weight is 241 g/mol. The average Bonchev–Trinajstić information content (AvgIpc) is 2.86. The molecule has 0 aliphatic carbocycles. The number of fused-ring (bicyclic) bond motifs is 1. The third kappa shape index (κ3) is 1.81. The van der Waals surface area contributed by atoms with E-state index in [1.165, 1.54) is 18.7 Å². The summed E-state index contributed by atoms with van der Waals surface area (Å²) in [5.41, 5.74) is 1.95. The van der Waals surface area contributed by atoms with E-state index in [1.54, 1.807) is 17.5 Å². The number of hydrogen-bond acceptors (Lipinski definition) is 5. The zero-order chi connectivity index (χ0) is 11.7. The van der Waals surface area contributed by atoms with Crippen molar-refractivity contribution in [2.24, 2.45) is 0 Å². The van der Waals surface area contributed by atoms with Crippen molar-refractivity contribution in [1.29, 1.82) is 0 Å². The molecule has 0 fully saturated rings. The summed E-state index contributed by atoms with van der Waals surface area (Å²) in [6.45, 7) is 0. The number of hydrogen-bond donors (Lipinski definition) is 0. The normalized spacial score (nSPS) is 10.6. The molecule has 0 aromatic carbocycles. The maximum Gasteiger partial charge on any atom is 0.197 e. The van der Waals surface area contributed by atoms with E-state index >= 15 is 0 Å². The van der Waals surface area contributed by atoms with Crippen LogP contribution in [0.15, 0.2) is 42.4 Å². The van der Waals surface area contributed by atoms with Crippen molar-refractivity contribution < 1.29 is 4.79 Å². The fourth-order valence-corrected chi connectivity index (χ4v) is 2.33. The second-order valence-corrected chi connectivity index (χ2v) is 4.43. The number of nitrogens with zero attached hydrogens (tertiary/aromatic N) is 3. The van der Waals surface area contributed by atoms with E-state index in [0.29, 0.717) is 11.1 Å². The second kappa shape index (κ2) is 4.03. The molecule has 3 aromatic rings. The molecule has 3 rings (SSSR count). The van der Waals surface area contributed by atoms with E-state index in [2.05, 4.69) is 15.0 Å². The number of carbonyl (C=O) groups excluding carboxylic acids is 1. The highest BCUT2D eigenvalue weighted by Crippen LogP contribution is 2.20. The van der Waals surface area contributed by atoms with Gasteiger partial charge in [-0.15, -0.1) is 11.3 Å². The molecular formula is C12H7N3OS. The lowest BCUT2D eigenvalue weighted by Crippen LogP contribution is -2.02. The summed E-state index contributed by atoms with van der Waals surface area (Å²) < 4.78 is 1.01. The maximum absolute atomic E-state index is 12.1. The minimum atomic E-state index is -0.103. The van der Waals surface area contributed by atoms with Crippen LogP contribution in [0, 0.1) is 0 Å². The van der Waals surface area contributed by atoms with Crippen molar-refractivity contribution in [2.45, 2.75) is 0 Å². The predicted molar refractivity (Wildman–Crippen MR) is 65.1 cm³/mol. The zero-order valence-electron chi connectivity index (χ0n) is 8.70. The van der Waals surface area contributed by atoms with Crippen molar-refractivity contribution in [3.05, 3.63) is 53.6 Å². The highest BCUT2D eigenvalue weighted by atomic mass is 32.1. The van der Waals surface area contributed by atoms with E-state index < -0.39 is 0 Å². The molecule has 17 heavy (non-hydrogen) atoms. The van der Waals surface area contributed by atoms with Crippen molar-refractivity contribution in [2.75, 3.05) is 0 Å². The number of thiophene rings is 1. The molecule has 82 valence electrons. The summed E-state index contributed by atoms with van der Waals surface area (Å²) in [5.74, 6) is -0.103. The van der Waals surface area contributed by atoms with Crippen molar-refractivity contribution >= 4 is 27.3 Å². The zero-order valence-corrected chi connectivity index (χ0v) is 9.52. The van der Waals surface area contributed by atoms with Crippen molar-refractivity contribution in [3.63, 3.8) is 0 Å². The number of pyridine rings is 1. The SMILES string of the molecule is O=C(c1cncnc1)c1cnc2ccsc2c1. The Labute approximate surface area is 101 Å². The molecule has 0 atom stereocenters. The van der Waals surface area contributed by atoms with Gasteiger partial charge in [0.1, 0.15) is 6.33 Å². The Morgan fingerprint density at radius 2 is 1.94 bits per heavy atom. The number of carbonyl (C=O) groups is 1. The van der Waals surface area contributed by atoms with Crippen LogP contribution in [0.4, 0.5) is 0 Å². The summed E-state index contributed by atoms with van der Waals surface area (Å²) in [6, 6.07) is 3.78. The largest absolute Gasteiger partial charge is 0.288 e. The van der Waals surface area contributed by atoms with Gasteiger partial charge >= 0.3 is 0 Å². The Bertz CT molecular complexity index is 678. The van der Waals surface area contributed by atoms with E-state index in [0.717, 1.165) is 10.2 Å². The fourth-order valence-electron chi connectivity index (χ4n) is 1.55. The lowest BCUT2D eigenvalue weighted by Gasteiger charge is -1.99. The van der Waals surface area contributed by atoms with Gasteiger partial charge in [-0.2, -0.15) is 0 Å². The van der Waals surface area contributed by atoms with Crippen LogP contribution in [0.25, 0.3) is 10.2 Å². The molecule has 0 radical (unpaired) electrons. The molecule has 0 saturated carbocycles. The Morgan fingerprint density at radius 3 is 2.76 bits per heavy atom. The van der Waals surface area contributed by atoms with Crippen LogP contribution < -0.4 is 0 Å².